The number of carbonyl (C=O) groups excluding carboxylic acids is 1. The van der Waals surface area contributed by atoms with Gasteiger partial charge in [-0.25, -0.2) is 12.8 Å². The zero-order valence-corrected chi connectivity index (χ0v) is 19.1. The van der Waals surface area contributed by atoms with E-state index in [1.165, 1.54) is 40.2 Å². The number of nitrogens with one attached hydrogen (secondary N) is 1. The first-order chi connectivity index (χ1) is 15.7. The Balaban J connectivity index is 1.85. The molecular formula is C22H26FN3O6S. The first kappa shape index (κ1) is 23.6. The average Bonchev–Trinajstić information content (AvgIpc) is 3.03. The number of amides is 1. The summed E-state index contributed by atoms with van der Waals surface area (Å²) in [6, 6.07) is 7.17. The Morgan fingerprint density at radius 3 is 2.61 bits per heavy atom. The van der Waals surface area contributed by atoms with E-state index in [-0.39, 0.29) is 30.8 Å². The van der Waals surface area contributed by atoms with Gasteiger partial charge in [-0.15, -0.1) is 0 Å². The number of ether oxygens (including phenoxy) is 1. The largest absolute Gasteiger partial charge is 0.396 e. The number of halogens is 1. The van der Waals surface area contributed by atoms with E-state index in [9.17, 15) is 27.5 Å². The maximum absolute atomic E-state index is 14.4. The van der Waals surface area contributed by atoms with Crippen LogP contribution in [0, 0.1) is 17.7 Å². The molecule has 3 heterocycles. The van der Waals surface area contributed by atoms with Gasteiger partial charge in [0, 0.05) is 50.0 Å². The molecule has 178 valence electrons. The third kappa shape index (κ3) is 3.99. The summed E-state index contributed by atoms with van der Waals surface area (Å²) in [5, 5.41) is 12.9. The van der Waals surface area contributed by atoms with Crippen molar-refractivity contribution in [2.75, 3.05) is 33.1 Å². The van der Waals surface area contributed by atoms with E-state index in [1.54, 1.807) is 12.1 Å². The monoisotopic (exact) mass is 479 g/mol. The molecule has 9 nitrogen and oxygen atoms in total. The summed E-state index contributed by atoms with van der Waals surface area (Å²) in [5.41, 5.74) is 0.149. The second kappa shape index (κ2) is 8.98. The molecule has 0 spiro atoms. The number of aliphatic hydroxyl groups excluding tert-OH is 1. The smallest absolute Gasteiger partial charge is 0.258 e. The lowest BCUT2D eigenvalue weighted by Gasteiger charge is -2.36. The number of sulfonamides is 1. The van der Waals surface area contributed by atoms with Crippen LogP contribution in [-0.4, -0.2) is 67.5 Å². The number of hydrogen-bond donors (Lipinski definition) is 2. The van der Waals surface area contributed by atoms with Crippen LogP contribution in [0.1, 0.15) is 11.7 Å². The molecule has 1 amide bonds. The van der Waals surface area contributed by atoms with E-state index < -0.39 is 57.8 Å². The molecular weight excluding hydrogens is 453 g/mol. The highest BCUT2D eigenvalue weighted by Gasteiger charge is 2.58. The van der Waals surface area contributed by atoms with E-state index in [1.807, 2.05) is 0 Å². The van der Waals surface area contributed by atoms with Gasteiger partial charge in [-0.05, 0) is 18.2 Å². The van der Waals surface area contributed by atoms with Crippen molar-refractivity contribution in [3.05, 3.63) is 58.3 Å². The van der Waals surface area contributed by atoms with Crippen molar-refractivity contribution in [1.82, 2.24) is 14.2 Å². The van der Waals surface area contributed by atoms with Crippen LogP contribution in [0.5, 0.6) is 0 Å². The van der Waals surface area contributed by atoms with Crippen LogP contribution in [0.25, 0.3) is 11.1 Å². The lowest BCUT2D eigenvalue weighted by atomic mass is 9.86. The molecule has 4 rings (SSSR count). The molecule has 0 radical (unpaired) electrons. The Labute approximate surface area is 190 Å². The fourth-order valence-electron chi connectivity index (χ4n) is 5.09. The van der Waals surface area contributed by atoms with Gasteiger partial charge in [0.05, 0.1) is 30.4 Å². The van der Waals surface area contributed by atoms with Gasteiger partial charge in [-0.2, -0.15) is 4.31 Å². The molecule has 33 heavy (non-hydrogen) atoms. The standard InChI is InChI=1S/C22H26FN3O6S/c1-32-10-9-24-21(28)19-15(12-27)18-11-25-17(20(19)26(18)33(2,30)31)8-7-14(22(25)29)13-5-3-4-6-16(13)23/h3-8,15,18-20,27H,9-12H2,1-2H3,(H,24,28)/t15-,18-,19+,20+/m0/s1. The minimum Gasteiger partial charge on any atom is -0.396 e. The van der Waals surface area contributed by atoms with Gasteiger partial charge in [-0.1, -0.05) is 18.2 Å². The normalized spacial score (nSPS) is 24.5. The van der Waals surface area contributed by atoms with E-state index in [0.717, 1.165) is 6.26 Å². The highest BCUT2D eigenvalue weighted by atomic mass is 32.2. The molecule has 4 atom stereocenters. The van der Waals surface area contributed by atoms with Crippen molar-refractivity contribution < 1.29 is 27.4 Å². The third-order valence-electron chi connectivity index (χ3n) is 6.44. The molecule has 11 heteroatoms. The number of pyridine rings is 1. The summed E-state index contributed by atoms with van der Waals surface area (Å²) >= 11 is 0. The number of aromatic nitrogens is 1. The summed E-state index contributed by atoms with van der Waals surface area (Å²) in [7, 11) is -2.29. The SMILES string of the molecule is COCCNC(=O)[C@@H]1[C@@H](CO)[C@@H]2Cn3c(ccc(-c4ccccc4F)c3=O)[C@H]1N2S(C)(=O)=O. The topological polar surface area (TPSA) is 118 Å². The predicted octanol–water partition coefficient (Wildman–Crippen LogP) is 0.340. The number of carbonyl (C=O) groups is 1. The Morgan fingerprint density at radius 1 is 1.24 bits per heavy atom. The lowest BCUT2D eigenvalue weighted by molar-refractivity contribution is -0.127. The zero-order valence-electron chi connectivity index (χ0n) is 18.3. The summed E-state index contributed by atoms with van der Waals surface area (Å²) in [6.45, 7) is 0.0129. The molecule has 2 bridgehead atoms. The number of nitrogens with zero attached hydrogens (tertiary/aromatic N) is 2. The van der Waals surface area contributed by atoms with Crippen LogP contribution in [0.15, 0.2) is 41.2 Å². The van der Waals surface area contributed by atoms with Crippen molar-refractivity contribution in [3.8, 4) is 11.1 Å². The summed E-state index contributed by atoms with van der Waals surface area (Å²) in [6.07, 6.45) is 1.05. The summed E-state index contributed by atoms with van der Waals surface area (Å²) in [4.78, 5) is 26.5. The fourth-order valence-corrected chi connectivity index (χ4v) is 6.45. The van der Waals surface area contributed by atoms with Crippen LogP contribution < -0.4 is 10.9 Å². The van der Waals surface area contributed by atoms with Crippen LogP contribution in [0.3, 0.4) is 0 Å². The van der Waals surface area contributed by atoms with Crippen molar-refractivity contribution in [3.63, 3.8) is 0 Å². The average molecular weight is 480 g/mol. The number of fused-ring (bicyclic) bond motifs is 4. The Morgan fingerprint density at radius 2 is 1.97 bits per heavy atom. The van der Waals surface area contributed by atoms with Crippen molar-refractivity contribution in [2.45, 2.75) is 18.6 Å². The summed E-state index contributed by atoms with van der Waals surface area (Å²) in [5.74, 6) is -2.59. The van der Waals surface area contributed by atoms with E-state index in [4.69, 9.17) is 4.74 Å². The first-order valence-corrected chi connectivity index (χ1v) is 12.4. The molecule has 1 saturated heterocycles. The van der Waals surface area contributed by atoms with Gasteiger partial charge < -0.3 is 19.7 Å². The molecule has 0 aliphatic carbocycles. The second-order valence-corrected chi connectivity index (χ2v) is 10.2. The summed E-state index contributed by atoms with van der Waals surface area (Å²) < 4.78 is 47.4. The Hall–Kier alpha value is -2.60. The second-order valence-electron chi connectivity index (χ2n) is 8.33. The number of benzene rings is 1. The van der Waals surface area contributed by atoms with Gasteiger partial charge in [0.25, 0.3) is 5.56 Å². The van der Waals surface area contributed by atoms with Crippen LogP contribution in [-0.2, 0) is 26.1 Å². The van der Waals surface area contributed by atoms with Crippen LogP contribution >= 0.6 is 0 Å². The highest BCUT2D eigenvalue weighted by Crippen LogP contribution is 2.49. The molecule has 1 aromatic heterocycles. The van der Waals surface area contributed by atoms with Gasteiger partial charge in [0.2, 0.25) is 15.9 Å². The van der Waals surface area contributed by atoms with Crippen molar-refractivity contribution in [2.24, 2.45) is 11.8 Å². The highest BCUT2D eigenvalue weighted by molar-refractivity contribution is 7.88. The quantitative estimate of drug-likeness (QED) is 0.553. The minimum atomic E-state index is -3.78. The van der Waals surface area contributed by atoms with Crippen molar-refractivity contribution >= 4 is 15.9 Å². The molecule has 1 fully saturated rings. The maximum atomic E-state index is 14.4. The third-order valence-corrected chi connectivity index (χ3v) is 7.71. The van der Waals surface area contributed by atoms with Gasteiger partial charge in [0.15, 0.2) is 0 Å². The molecule has 1 aromatic carbocycles. The molecule has 0 unspecified atom stereocenters. The molecule has 2 N–H and O–H groups in total. The number of rotatable bonds is 7. The lowest BCUT2D eigenvalue weighted by Crippen LogP contribution is -2.48. The first-order valence-electron chi connectivity index (χ1n) is 10.5. The maximum Gasteiger partial charge on any atom is 0.258 e. The molecule has 0 saturated carbocycles. The van der Waals surface area contributed by atoms with Crippen molar-refractivity contribution in [1.29, 1.82) is 0 Å². The van der Waals surface area contributed by atoms with Gasteiger partial charge in [0.1, 0.15) is 5.82 Å². The van der Waals surface area contributed by atoms with Gasteiger partial charge in [-0.3, -0.25) is 9.59 Å². The van der Waals surface area contributed by atoms with Gasteiger partial charge >= 0.3 is 0 Å². The van der Waals surface area contributed by atoms with E-state index in [0.29, 0.717) is 5.69 Å². The Kier molecular flexibility index (Phi) is 6.41. The minimum absolute atomic E-state index is 0.0485. The van der Waals surface area contributed by atoms with E-state index >= 15 is 0 Å². The molecule has 2 aromatic rings. The zero-order chi connectivity index (χ0) is 23.9. The fraction of sp³-hybridized carbons (Fsp3) is 0.455. The van der Waals surface area contributed by atoms with Crippen LogP contribution in [0.2, 0.25) is 0 Å². The predicted molar refractivity (Wildman–Crippen MR) is 118 cm³/mol. The number of hydrogen-bond acceptors (Lipinski definition) is 6. The molecule has 2 aliphatic heterocycles. The number of methoxy groups -OCH3 is 1. The van der Waals surface area contributed by atoms with Crippen LogP contribution in [0.4, 0.5) is 4.39 Å². The Bertz CT molecular complexity index is 1230. The molecule has 2 aliphatic rings. The van der Waals surface area contributed by atoms with E-state index in [2.05, 4.69) is 5.32 Å². The number of aliphatic hydroxyl groups is 1.